The Hall–Kier alpha value is -1.82. The van der Waals surface area contributed by atoms with Crippen LogP contribution in [0.5, 0.6) is 11.5 Å². The second-order valence-electron chi connectivity index (χ2n) is 11.0. The van der Waals surface area contributed by atoms with Crippen molar-refractivity contribution in [1.82, 2.24) is 4.90 Å². The quantitative estimate of drug-likeness (QED) is 0.664. The zero-order valence-corrected chi connectivity index (χ0v) is 19.4. The molecule has 0 radical (unpaired) electrons. The van der Waals surface area contributed by atoms with Gasteiger partial charge >= 0.3 is 0 Å². The fourth-order valence-corrected chi connectivity index (χ4v) is 8.70. The van der Waals surface area contributed by atoms with E-state index in [0.29, 0.717) is 11.8 Å². The molecule has 0 unspecified atom stereocenters. The highest BCUT2D eigenvalue weighted by molar-refractivity contribution is 5.65. The van der Waals surface area contributed by atoms with Crippen molar-refractivity contribution in [2.24, 2.45) is 11.3 Å². The summed E-state index contributed by atoms with van der Waals surface area (Å²) < 4.78 is 13.1. The van der Waals surface area contributed by atoms with Crippen LogP contribution in [0.1, 0.15) is 50.7 Å². The third-order valence-corrected chi connectivity index (χ3v) is 9.79. The third-order valence-electron chi connectivity index (χ3n) is 9.79. The van der Waals surface area contributed by atoms with Crippen LogP contribution in [0.15, 0.2) is 36.9 Å². The van der Waals surface area contributed by atoms with E-state index in [1.54, 1.807) is 13.2 Å². The van der Waals surface area contributed by atoms with Gasteiger partial charge in [0.05, 0.1) is 11.0 Å². The summed E-state index contributed by atoms with van der Waals surface area (Å²) in [6.07, 6.45) is 10.7. The molecule has 1 aromatic carbocycles. The molecule has 2 aliphatic heterocycles. The number of likely N-dealkylation sites (tertiary alicyclic amines) is 1. The smallest absolute Gasteiger partial charge is 0.165 e. The lowest BCUT2D eigenvalue weighted by Gasteiger charge is -2.72. The molecule has 0 amide bonds. The number of phenols is 1. The zero-order valence-electron chi connectivity index (χ0n) is 19.4. The number of ether oxygens (including phenoxy) is 2. The molecule has 5 nitrogen and oxygen atoms in total. The van der Waals surface area contributed by atoms with Gasteiger partial charge in [0.1, 0.15) is 11.7 Å². The molecule has 2 N–H and O–H groups in total. The first-order chi connectivity index (χ1) is 15.3. The topological polar surface area (TPSA) is 62.2 Å². The van der Waals surface area contributed by atoms with Crippen molar-refractivity contribution in [3.05, 3.63) is 48.1 Å². The molecule has 2 fully saturated rings. The van der Waals surface area contributed by atoms with Crippen LogP contribution in [0.2, 0.25) is 0 Å². The molecule has 6 aliphatic rings. The van der Waals surface area contributed by atoms with Crippen molar-refractivity contribution in [2.45, 2.75) is 74.7 Å². The number of piperidine rings is 1. The highest BCUT2D eigenvalue weighted by Crippen LogP contribution is 2.75. The summed E-state index contributed by atoms with van der Waals surface area (Å²) in [6, 6.07) is 4.18. The summed E-state index contributed by atoms with van der Waals surface area (Å²) in [5, 5.41) is 22.6. The van der Waals surface area contributed by atoms with E-state index in [0.717, 1.165) is 45.2 Å². The largest absolute Gasteiger partial charge is 0.504 e. The first kappa shape index (κ1) is 20.8. The van der Waals surface area contributed by atoms with Gasteiger partial charge in [0, 0.05) is 36.6 Å². The van der Waals surface area contributed by atoms with Gasteiger partial charge in [-0.15, -0.1) is 6.58 Å². The Labute approximate surface area is 190 Å². The summed E-state index contributed by atoms with van der Waals surface area (Å²) in [6.45, 7) is 9.95. The summed E-state index contributed by atoms with van der Waals surface area (Å²) in [7, 11) is 1.76. The molecular weight excluding hydrogens is 402 g/mol. The monoisotopic (exact) mass is 437 g/mol. The Morgan fingerprint density at radius 3 is 2.91 bits per heavy atom. The van der Waals surface area contributed by atoms with Gasteiger partial charge in [-0.25, -0.2) is 0 Å². The molecule has 0 aromatic heterocycles. The van der Waals surface area contributed by atoms with Crippen LogP contribution in [0.3, 0.4) is 0 Å². The lowest BCUT2D eigenvalue weighted by Crippen LogP contribution is -2.80. The van der Waals surface area contributed by atoms with Gasteiger partial charge in [-0.2, -0.15) is 0 Å². The Morgan fingerprint density at radius 2 is 2.19 bits per heavy atom. The fraction of sp³-hybridized carbons (Fsp3) is 0.630. The number of rotatable bonds is 6. The summed E-state index contributed by atoms with van der Waals surface area (Å²) in [4.78, 5) is 2.57. The van der Waals surface area contributed by atoms with Crippen LogP contribution < -0.4 is 4.74 Å². The number of aliphatic hydroxyl groups is 1. The minimum atomic E-state index is -0.873. The van der Waals surface area contributed by atoms with Gasteiger partial charge in [0.15, 0.2) is 11.5 Å². The van der Waals surface area contributed by atoms with Crippen molar-refractivity contribution < 1.29 is 19.7 Å². The Balaban J connectivity index is 1.64. The van der Waals surface area contributed by atoms with E-state index < -0.39 is 11.2 Å². The lowest BCUT2D eigenvalue weighted by molar-refractivity contribution is -0.248. The fourth-order valence-electron chi connectivity index (χ4n) is 8.70. The number of phenolic OH excluding ortho intramolecular Hbond substituents is 1. The highest BCUT2D eigenvalue weighted by atomic mass is 16.6. The first-order valence-corrected chi connectivity index (χ1v) is 12.2. The normalized spacial score (nSPS) is 42.3. The SMILES string of the molecule is C=CCN1CC[C@]23c4c5ccc(O)c4O[C@H]2[C@@]2(OC)C=C[C@@]3(C[C@@H]2[C@](C)(O)CCC)[C@H]1C5. The third kappa shape index (κ3) is 2.07. The van der Waals surface area contributed by atoms with Crippen molar-refractivity contribution in [3.63, 3.8) is 0 Å². The van der Waals surface area contributed by atoms with Crippen LogP contribution >= 0.6 is 0 Å². The number of methoxy groups -OCH3 is 1. The Morgan fingerprint density at radius 1 is 1.38 bits per heavy atom. The molecule has 1 saturated heterocycles. The molecule has 32 heavy (non-hydrogen) atoms. The van der Waals surface area contributed by atoms with Gasteiger partial charge < -0.3 is 19.7 Å². The number of nitrogens with zero attached hydrogens (tertiary/aromatic N) is 1. The van der Waals surface area contributed by atoms with Crippen molar-refractivity contribution >= 4 is 0 Å². The molecule has 4 aliphatic carbocycles. The van der Waals surface area contributed by atoms with Gasteiger partial charge in [0.25, 0.3) is 0 Å². The van der Waals surface area contributed by atoms with Crippen LogP contribution in [0, 0.1) is 11.3 Å². The molecule has 172 valence electrons. The van der Waals surface area contributed by atoms with E-state index in [2.05, 4.69) is 36.6 Å². The van der Waals surface area contributed by atoms with E-state index in [4.69, 9.17) is 9.47 Å². The van der Waals surface area contributed by atoms with Crippen LogP contribution in [0.4, 0.5) is 0 Å². The molecule has 2 heterocycles. The average molecular weight is 438 g/mol. The molecular formula is C27H35NO4. The number of hydrogen-bond acceptors (Lipinski definition) is 5. The summed E-state index contributed by atoms with van der Waals surface area (Å²) in [5.41, 5.74) is 0.465. The maximum absolute atomic E-state index is 11.8. The number of hydrogen-bond donors (Lipinski definition) is 2. The predicted molar refractivity (Wildman–Crippen MR) is 123 cm³/mol. The molecule has 1 aromatic rings. The average Bonchev–Trinajstić information content (AvgIpc) is 3.14. The van der Waals surface area contributed by atoms with Crippen LogP contribution in [-0.2, 0) is 16.6 Å². The lowest BCUT2D eigenvalue weighted by atomic mass is 9.36. The van der Waals surface area contributed by atoms with Crippen LogP contribution in [-0.4, -0.2) is 58.7 Å². The van der Waals surface area contributed by atoms with Crippen LogP contribution in [0.25, 0.3) is 0 Å². The standard InChI is InChI=1S/C27H35NO4/c1-5-9-24(3,30)19-16-25-10-11-27(19,31-4)23-26(25)12-14-28(13-6-2)20(25)15-17-7-8-18(29)22(32-23)21(17)26/h6-8,10-11,19-20,23,29-30H,2,5,9,12-16H2,1,3-4H3/t19-,20-,23-,24-,25-,26+,27-/m1/s1. The number of aromatic hydroxyl groups is 1. The van der Waals surface area contributed by atoms with E-state index in [1.165, 1.54) is 11.1 Å². The minimum Gasteiger partial charge on any atom is -0.504 e. The van der Waals surface area contributed by atoms with E-state index >= 15 is 0 Å². The predicted octanol–water partition coefficient (Wildman–Crippen LogP) is 3.72. The maximum Gasteiger partial charge on any atom is 0.165 e. The van der Waals surface area contributed by atoms with Gasteiger partial charge in [-0.1, -0.05) is 37.6 Å². The van der Waals surface area contributed by atoms with Crippen molar-refractivity contribution in [2.75, 3.05) is 20.2 Å². The molecule has 5 heteroatoms. The van der Waals surface area contributed by atoms with E-state index in [1.807, 2.05) is 13.0 Å². The van der Waals surface area contributed by atoms with Gasteiger partial charge in [-0.05, 0) is 50.8 Å². The molecule has 1 saturated carbocycles. The number of benzene rings is 1. The highest BCUT2D eigenvalue weighted by Gasteiger charge is 2.80. The number of fused-ring (bicyclic) bond motifs is 1. The molecule has 4 bridgehead atoms. The molecule has 7 atom stereocenters. The van der Waals surface area contributed by atoms with E-state index in [-0.39, 0.29) is 28.6 Å². The Kier molecular flexibility index (Phi) is 4.15. The summed E-state index contributed by atoms with van der Waals surface area (Å²) >= 11 is 0. The molecule has 2 spiro atoms. The summed E-state index contributed by atoms with van der Waals surface area (Å²) in [5.74, 6) is 0.776. The maximum atomic E-state index is 11.8. The zero-order chi connectivity index (χ0) is 22.5. The van der Waals surface area contributed by atoms with Crippen molar-refractivity contribution in [1.29, 1.82) is 0 Å². The first-order valence-electron chi connectivity index (χ1n) is 12.2. The van der Waals surface area contributed by atoms with Gasteiger partial charge in [-0.3, -0.25) is 4.90 Å². The molecule has 7 rings (SSSR count). The van der Waals surface area contributed by atoms with Crippen molar-refractivity contribution in [3.8, 4) is 11.5 Å². The minimum absolute atomic E-state index is 0.0905. The second kappa shape index (κ2) is 6.40. The Bertz CT molecular complexity index is 1020. The van der Waals surface area contributed by atoms with Gasteiger partial charge in [0.2, 0.25) is 0 Å². The van der Waals surface area contributed by atoms with E-state index in [9.17, 15) is 10.2 Å². The second-order valence-corrected chi connectivity index (χ2v) is 11.0.